The number of rotatable bonds is 1. The lowest BCUT2D eigenvalue weighted by atomic mass is 10.0. The van der Waals surface area contributed by atoms with Crippen molar-refractivity contribution < 1.29 is 4.79 Å². The zero-order chi connectivity index (χ0) is 8.48. The molecule has 1 aliphatic rings. The highest BCUT2D eigenvalue weighted by Crippen LogP contribution is 2.39. The van der Waals surface area contributed by atoms with Crippen LogP contribution in [0.1, 0.15) is 13.8 Å². The van der Waals surface area contributed by atoms with Crippen LogP contribution in [0.3, 0.4) is 0 Å². The fourth-order valence-electron chi connectivity index (χ4n) is 0.946. The van der Waals surface area contributed by atoms with Crippen LogP contribution in [0, 0.1) is 0 Å². The van der Waals surface area contributed by atoms with Gasteiger partial charge in [-0.2, -0.15) is 11.8 Å². The molecule has 1 fully saturated rings. The molecule has 64 valence electrons. The third-order valence-electron chi connectivity index (χ3n) is 1.99. The van der Waals surface area contributed by atoms with E-state index in [-0.39, 0.29) is 10.8 Å². The minimum absolute atomic E-state index is 0.0802. The van der Waals surface area contributed by atoms with Gasteiger partial charge in [-0.15, -0.1) is 0 Å². The summed E-state index contributed by atoms with van der Waals surface area (Å²) >= 11 is 1.88. The Morgan fingerprint density at radius 1 is 1.64 bits per heavy atom. The second-order valence-electron chi connectivity index (χ2n) is 3.19. The first-order chi connectivity index (χ1) is 5.06. The Balaban J connectivity index is 2.34. The fourth-order valence-corrected chi connectivity index (χ4v) is 2.09. The molecule has 0 bridgehead atoms. The molecular weight excluding hydrogens is 160 g/mol. The Hall–Kier alpha value is -0.380. The van der Waals surface area contributed by atoms with Crippen LogP contribution in [-0.4, -0.2) is 29.6 Å². The molecule has 2 N–H and O–H groups in total. The molecule has 0 aromatic carbocycles. The molecule has 0 aromatic rings. The first kappa shape index (κ1) is 8.71. The van der Waals surface area contributed by atoms with Crippen LogP contribution in [0.25, 0.3) is 0 Å². The molecular formula is C7H14N2OS. The average Bonchev–Trinajstić information content (AvgIpc) is 1.98. The number of urea groups is 1. The summed E-state index contributed by atoms with van der Waals surface area (Å²) < 4.78 is 0.215. The van der Waals surface area contributed by atoms with Gasteiger partial charge in [0, 0.05) is 17.5 Å². The van der Waals surface area contributed by atoms with Crippen LogP contribution >= 0.6 is 11.8 Å². The molecule has 1 saturated heterocycles. The standard InChI is InChI=1S/C7H14N2OS/c1-7(2)5(4-11-7)9-6(10)8-3/h5H,4H2,1-3H3,(H2,8,9,10). The van der Waals surface area contributed by atoms with Gasteiger partial charge in [-0.3, -0.25) is 0 Å². The lowest BCUT2D eigenvalue weighted by Crippen LogP contribution is -2.58. The maximum absolute atomic E-state index is 10.9. The SMILES string of the molecule is CNC(=O)NC1CSC1(C)C. The third kappa shape index (κ3) is 1.80. The number of carbonyl (C=O) groups is 1. The van der Waals surface area contributed by atoms with Gasteiger partial charge < -0.3 is 10.6 Å². The van der Waals surface area contributed by atoms with E-state index < -0.39 is 0 Å². The lowest BCUT2D eigenvalue weighted by molar-refractivity contribution is 0.237. The molecule has 0 saturated carbocycles. The van der Waals surface area contributed by atoms with E-state index in [0.717, 1.165) is 5.75 Å². The molecule has 0 radical (unpaired) electrons. The van der Waals surface area contributed by atoms with Gasteiger partial charge in [0.2, 0.25) is 0 Å². The van der Waals surface area contributed by atoms with E-state index in [0.29, 0.717) is 6.04 Å². The minimum Gasteiger partial charge on any atom is -0.341 e. The highest BCUT2D eigenvalue weighted by atomic mass is 32.2. The summed E-state index contributed by atoms with van der Waals surface area (Å²) in [4.78, 5) is 10.9. The Morgan fingerprint density at radius 2 is 2.27 bits per heavy atom. The number of amides is 2. The first-order valence-electron chi connectivity index (χ1n) is 3.68. The zero-order valence-electron chi connectivity index (χ0n) is 7.10. The Morgan fingerprint density at radius 3 is 2.55 bits per heavy atom. The van der Waals surface area contributed by atoms with Gasteiger partial charge in [-0.05, 0) is 13.8 Å². The maximum atomic E-state index is 10.9. The molecule has 3 nitrogen and oxygen atoms in total. The number of nitrogens with one attached hydrogen (secondary N) is 2. The Labute approximate surface area is 71.3 Å². The average molecular weight is 174 g/mol. The van der Waals surface area contributed by atoms with Crippen LogP contribution in [0.4, 0.5) is 4.79 Å². The summed E-state index contributed by atoms with van der Waals surface area (Å²) in [6, 6.07) is 0.246. The molecule has 0 aliphatic carbocycles. The summed E-state index contributed by atoms with van der Waals surface area (Å²) in [5.74, 6) is 1.03. The van der Waals surface area contributed by atoms with Crippen molar-refractivity contribution in [2.45, 2.75) is 24.6 Å². The summed E-state index contributed by atoms with van der Waals surface area (Å²) in [7, 11) is 1.63. The monoisotopic (exact) mass is 174 g/mol. The first-order valence-corrected chi connectivity index (χ1v) is 4.67. The van der Waals surface area contributed by atoms with Gasteiger partial charge in [-0.25, -0.2) is 4.79 Å². The van der Waals surface area contributed by atoms with Crippen molar-refractivity contribution >= 4 is 17.8 Å². The summed E-state index contributed by atoms with van der Waals surface area (Å²) in [6.07, 6.45) is 0. The van der Waals surface area contributed by atoms with Gasteiger partial charge >= 0.3 is 6.03 Å². The van der Waals surface area contributed by atoms with Crippen molar-refractivity contribution in [1.29, 1.82) is 0 Å². The molecule has 1 atom stereocenters. The van der Waals surface area contributed by atoms with E-state index in [9.17, 15) is 4.79 Å². The van der Waals surface area contributed by atoms with E-state index in [4.69, 9.17) is 0 Å². The molecule has 1 aliphatic heterocycles. The van der Waals surface area contributed by atoms with E-state index in [1.807, 2.05) is 11.8 Å². The molecule has 0 spiro atoms. The van der Waals surface area contributed by atoms with Crippen molar-refractivity contribution in [2.24, 2.45) is 0 Å². The van der Waals surface area contributed by atoms with Crippen molar-refractivity contribution in [3.05, 3.63) is 0 Å². The minimum atomic E-state index is -0.0802. The van der Waals surface area contributed by atoms with E-state index >= 15 is 0 Å². The molecule has 2 amide bonds. The number of hydrogen-bond acceptors (Lipinski definition) is 2. The predicted octanol–water partition coefficient (Wildman–Crippen LogP) is 0.809. The van der Waals surface area contributed by atoms with Crippen LogP contribution in [-0.2, 0) is 0 Å². The molecule has 1 unspecified atom stereocenters. The quantitative estimate of drug-likeness (QED) is 0.617. The highest BCUT2D eigenvalue weighted by molar-refractivity contribution is 8.02. The molecule has 4 heteroatoms. The largest absolute Gasteiger partial charge is 0.341 e. The Bertz CT molecular complexity index is 170. The smallest absolute Gasteiger partial charge is 0.314 e. The topological polar surface area (TPSA) is 41.1 Å². The van der Waals surface area contributed by atoms with Crippen LogP contribution in [0.15, 0.2) is 0 Å². The number of thioether (sulfide) groups is 1. The lowest BCUT2D eigenvalue weighted by Gasteiger charge is -2.43. The molecule has 1 heterocycles. The zero-order valence-corrected chi connectivity index (χ0v) is 7.92. The fraction of sp³-hybridized carbons (Fsp3) is 0.857. The van der Waals surface area contributed by atoms with Crippen molar-refractivity contribution in [3.8, 4) is 0 Å². The number of carbonyl (C=O) groups excluding carboxylic acids is 1. The normalized spacial score (nSPS) is 27.0. The van der Waals surface area contributed by atoms with Crippen LogP contribution in [0.5, 0.6) is 0 Å². The third-order valence-corrected chi connectivity index (χ3v) is 3.52. The summed E-state index contributed by atoms with van der Waals surface area (Å²) in [5, 5.41) is 5.43. The van der Waals surface area contributed by atoms with Crippen LogP contribution < -0.4 is 10.6 Å². The van der Waals surface area contributed by atoms with Gasteiger partial charge in [-0.1, -0.05) is 0 Å². The van der Waals surface area contributed by atoms with Crippen molar-refractivity contribution in [1.82, 2.24) is 10.6 Å². The van der Waals surface area contributed by atoms with Gasteiger partial charge in [0.05, 0.1) is 6.04 Å². The second-order valence-corrected chi connectivity index (χ2v) is 4.86. The molecule has 11 heavy (non-hydrogen) atoms. The molecule has 0 aromatic heterocycles. The summed E-state index contributed by atoms with van der Waals surface area (Å²) in [5.41, 5.74) is 0. The van der Waals surface area contributed by atoms with Gasteiger partial charge in [0.15, 0.2) is 0 Å². The van der Waals surface area contributed by atoms with E-state index in [2.05, 4.69) is 24.5 Å². The number of hydrogen-bond donors (Lipinski definition) is 2. The Kier molecular flexibility index (Phi) is 2.32. The van der Waals surface area contributed by atoms with E-state index in [1.54, 1.807) is 7.05 Å². The predicted molar refractivity (Wildman–Crippen MR) is 47.9 cm³/mol. The molecule has 1 rings (SSSR count). The van der Waals surface area contributed by atoms with Gasteiger partial charge in [0.25, 0.3) is 0 Å². The van der Waals surface area contributed by atoms with E-state index in [1.165, 1.54) is 0 Å². The second kappa shape index (κ2) is 2.93. The van der Waals surface area contributed by atoms with Crippen molar-refractivity contribution in [3.63, 3.8) is 0 Å². The maximum Gasteiger partial charge on any atom is 0.314 e. The van der Waals surface area contributed by atoms with Crippen molar-refractivity contribution in [2.75, 3.05) is 12.8 Å². The summed E-state index contributed by atoms with van der Waals surface area (Å²) in [6.45, 7) is 4.28. The highest BCUT2D eigenvalue weighted by Gasteiger charge is 2.40. The van der Waals surface area contributed by atoms with Crippen LogP contribution in [0.2, 0.25) is 0 Å². The van der Waals surface area contributed by atoms with Gasteiger partial charge in [0.1, 0.15) is 0 Å².